The molecule has 0 spiro atoms. The molecule has 2 heterocycles. The van der Waals surface area contributed by atoms with E-state index in [1.807, 2.05) is 48.0 Å². The van der Waals surface area contributed by atoms with Crippen molar-refractivity contribution in [3.63, 3.8) is 0 Å². The number of aromatic nitrogens is 1. The molecule has 0 saturated heterocycles. The largest absolute Gasteiger partial charge is 0.361 e. The second-order valence-corrected chi connectivity index (χ2v) is 7.39. The van der Waals surface area contributed by atoms with E-state index in [0.29, 0.717) is 6.07 Å². The molecule has 1 amide bonds. The van der Waals surface area contributed by atoms with Gasteiger partial charge in [0, 0.05) is 34.4 Å². The number of nitrogens with one attached hydrogen (secondary N) is 2. The van der Waals surface area contributed by atoms with Crippen LogP contribution in [0.2, 0.25) is 0 Å². The molecule has 0 fully saturated rings. The predicted molar refractivity (Wildman–Crippen MR) is 103 cm³/mol. The Hall–Kier alpha value is -3.13. The second-order valence-electron chi connectivity index (χ2n) is 6.42. The zero-order valence-electron chi connectivity index (χ0n) is 14.8. The number of thiophene rings is 1. The first-order valence-electron chi connectivity index (χ1n) is 8.68. The van der Waals surface area contributed by atoms with Crippen LogP contribution in [0.5, 0.6) is 0 Å². The van der Waals surface area contributed by atoms with Crippen LogP contribution in [0.1, 0.15) is 26.7 Å². The minimum Gasteiger partial charge on any atom is -0.361 e. The number of hydrogen-bond acceptors (Lipinski definition) is 2. The average Bonchev–Trinajstić information content (AvgIpc) is 3.40. The maximum absolute atomic E-state index is 13.9. The minimum absolute atomic E-state index is 0.0568. The van der Waals surface area contributed by atoms with Crippen molar-refractivity contribution < 1.29 is 22.4 Å². The minimum atomic E-state index is -2.01. The summed E-state index contributed by atoms with van der Waals surface area (Å²) < 4.78 is 54.0. The molecule has 0 aliphatic carbocycles. The Morgan fingerprint density at radius 1 is 1.03 bits per heavy atom. The van der Waals surface area contributed by atoms with Crippen molar-refractivity contribution in [2.24, 2.45) is 0 Å². The van der Waals surface area contributed by atoms with E-state index < -0.39 is 34.7 Å². The smallest absolute Gasteiger partial charge is 0.254 e. The lowest BCUT2D eigenvalue weighted by Gasteiger charge is -2.17. The highest BCUT2D eigenvalue weighted by Crippen LogP contribution is 2.33. The van der Waals surface area contributed by atoms with Crippen molar-refractivity contribution in [1.82, 2.24) is 10.3 Å². The molecule has 29 heavy (non-hydrogen) atoms. The molecule has 3 nitrogen and oxygen atoms in total. The summed E-state index contributed by atoms with van der Waals surface area (Å²) in [7, 11) is 0. The first kappa shape index (κ1) is 19.2. The molecule has 2 aromatic carbocycles. The summed E-state index contributed by atoms with van der Waals surface area (Å²) in [6.45, 7) is 0.0568. The molecular weight excluding hydrogens is 404 g/mol. The fourth-order valence-corrected chi connectivity index (χ4v) is 4.11. The Balaban J connectivity index is 1.64. The summed E-state index contributed by atoms with van der Waals surface area (Å²) in [5.41, 5.74) is 0.953. The highest BCUT2D eigenvalue weighted by atomic mass is 32.1. The summed E-state index contributed by atoms with van der Waals surface area (Å²) >= 11 is 1.49. The Kier molecular flexibility index (Phi) is 5.10. The van der Waals surface area contributed by atoms with Crippen LogP contribution in [-0.4, -0.2) is 17.4 Å². The summed E-state index contributed by atoms with van der Waals surface area (Å²) in [4.78, 5) is 16.5. The summed E-state index contributed by atoms with van der Waals surface area (Å²) in [6.07, 6.45) is 1.83. The number of carbonyl (C=O) groups excluding carboxylic acids is 1. The van der Waals surface area contributed by atoms with E-state index in [2.05, 4.69) is 10.3 Å². The van der Waals surface area contributed by atoms with E-state index in [4.69, 9.17) is 0 Å². The maximum Gasteiger partial charge on any atom is 0.254 e. The van der Waals surface area contributed by atoms with Gasteiger partial charge >= 0.3 is 0 Å². The van der Waals surface area contributed by atoms with Gasteiger partial charge in [-0.3, -0.25) is 4.79 Å². The Morgan fingerprint density at radius 2 is 1.83 bits per heavy atom. The van der Waals surface area contributed by atoms with Gasteiger partial charge in [-0.1, -0.05) is 24.3 Å². The molecule has 1 unspecified atom stereocenters. The standard InChI is InChI=1S/C21H14F4N2OS/c22-15-8-12(18(23)20(25)19(15)24)21(28)27-10-14(17-6-3-7-29-17)13-9-26-16-5-2-1-4-11(13)16/h1-9,14,26H,10H2,(H,27,28). The van der Waals surface area contributed by atoms with Gasteiger partial charge < -0.3 is 10.3 Å². The lowest BCUT2D eigenvalue weighted by atomic mass is 9.96. The molecule has 8 heteroatoms. The molecule has 4 rings (SSSR count). The van der Waals surface area contributed by atoms with E-state index in [1.165, 1.54) is 11.3 Å². The average molecular weight is 418 g/mol. The molecule has 4 aromatic rings. The molecule has 2 aromatic heterocycles. The lowest BCUT2D eigenvalue weighted by Crippen LogP contribution is -2.30. The van der Waals surface area contributed by atoms with E-state index in [1.54, 1.807) is 0 Å². The third-order valence-corrected chi connectivity index (χ3v) is 5.68. The van der Waals surface area contributed by atoms with Gasteiger partial charge in [0.05, 0.1) is 5.56 Å². The number of halogens is 4. The van der Waals surface area contributed by atoms with Gasteiger partial charge in [0.15, 0.2) is 23.3 Å². The first-order chi connectivity index (χ1) is 14.0. The second kappa shape index (κ2) is 7.71. The zero-order chi connectivity index (χ0) is 20.5. The third-order valence-electron chi connectivity index (χ3n) is 4.70. The van der Waals surface area contributed by atoms with Crippen LogP contribution in [0.25, 0.3) is 10.9 Å². The quantitative estimate of drug-likeness (QED) is 0.256. The van der Waals surface area contributed by atoms with Gasteiger partial charge in [-0.15, -0.1) is 11.3 Å². The van der Waals surface area contributed by atoms with Gasteiger partial charge in [0.2, 0.25) is 0 Å². The molecule has 0 aliphatic rings. The predicted octanol–water partition coefficient (Wildman–Crippen LogP) is 5.35. The topological polar surface area (TPSA) is 44.9 Å². The molecular formula is C21H14F4N2OS. The number of H-pyrrole nitrogens is 1. The Labute approximate surface area is 167 Å². The van der Waals surface area contributed by atoms with Crippen LogP contribution in [0.15, 0.2) is 54.0 Å². The number of benzene rings is 2. The van der Waals surface area contributed by atoms with Crippen LogP contribution < -0.4 is 5.32 Å². The van der Waals surface area contributed by atoms with Crippen LogP contribution in [-0.2, 0) is 0 Å². The molecule has 0 saturated carbocycles. The SMILES string of the molecule is O=C(NCC(c1cccs1)c1c[nH]c2ccccc12)c1cc(F)c(F)c(F)c1F. The van der Waals surface area contributed by atoms with Crippen molar-refractivity contribution in [3.8, 4) is 0 Å². The molecule has 0 radical (unpaired) electrons. The molecule has 0 aliphatic heterocycles. The van der Waals surface area contributed by atoms with Crippen LogP contribution in [0.3, 0.4) is 0 Å². The van der Waals surface area contributed by atoms with Crippen molar-refractivity contribution in [3.05, 3.63) is 93.3 Å². The number of para-hydroxylation sites is 1. The first-order valence-corrected chi connectivity index (χ1v) is 9.56. The van der Waals surface area contributed by atoms with Crippen molar-refractivity contribution in [2.75, 3.05) is 6.54 Å². The lowest BCUT2D eigenvalue weighted by molar-refractivity contribution is 0.0946. The van der Waals surface area contributed by atoms with E-state index in [9.17, 15) is 22.4 Å². The van der Waals surface area contributed by atoms with E-state index in [0.717, 1.165) is 21.3 Å². The fraction of sp³-hybridized carbons (Fsp3) is 0.0952. The summed E-state index contributed by atoms with van der Waals surface area (Å²) in [5.74, 6) is -8.60. The number of hydrogen-bond donors (Lipinski definition) is 2. The highest BCUT2D eigenvalue weighted by Gasteiger charge is 2.25. The highest BCUT2D eigenvalue weighted by molar-refractivity contribution is 7.10. The third kappa shape index (κ3) is 3.51. The normalized spacial score (nSPS) is 12.3. The fourth-order valence-electron chi connectivity index (χ4n) is 3.26. The van der Waals surface area contributed by atoms with Crippen molar-refractivity contribution in [2.45, 2.75) is 5.92 Å². The number of carbonyl (C=O) groups is 1. The van der Waals surface area contributed by atoms with Gasteiger partial charge in [0.25, 0.3) is 5.91 Å². The number of fused-ring (bicyclic) bond motifs is 1. The summed E-state index contributed by atoms with van der Waals surface area (Å²) in [5, 5.41) is 5.37. The van der Waals surface area contributed by atoms with Crippen LogP contribution >= 0.6 is 11.3 Å². The molecule has 148 valence electrons. The van der Waals surface area contributed by atoms with Crippen molar-refractivity contribution >= 4 is 28.1 Å². The molecule has 2 N–H and O–H groups in total. The zero-order valence-corrected chi connectivity index (χ0v) is 15.6. The molecule has 0 bridgehead atoms. The number of rotatable bonds is 5. The van der Waals surface area contributed by atoms with E-state index in [-0.39, 0.29) is 12.5 Å². The monoisotopic (exact) mass is 418 g/mol. The number of aromatic amines is 1. The molecule has 1 atom stereocenters. The Morgan fingerprint density at radius 3 is 2.59 bits per heavy atom. The van der Waals surface area contributed by atoms with E-state index >= 15 is 0 Å². The maximum atomic E-state index is 13.9. The van der Waals surface area contributed by atoms with Gasteiger partial charge in [-0.2, -0.15) is 0 Å². The Bertz CT molecular complexity index is 1190. The van der Waals surface area contributed by atoms with Gasteiger partial charge in [-0.25, -0.2) is 17.6 Å². The van der Waals surface area contributed by atoms with Gasteiger partial charge in [0.1, 0.15) is 0 Å². The van der Waals surface area contributed by atoms with Crippen LogP contribution in [0.4, 0.5) is 17.6 Å². The van der Waals surface area contributed by atoms with Crippen LogP contribution in [0, 0.1) is 23.3 Å². The summed E-state index contributed by atoms with van der Waals surface area (Å²) in [6, 6.07) is 11.8. The van der Waals surface area contributed by atoms with Gasteiger partial charge in [-0.05, 0) is 29.1 Å². The number of amides is 1. The van der Waals surface area contributed by atoms with Crippen molar-refractivity contribution in [1.29, 1.82) is 0 Å².